The number of carbonyl (C=O) groups is 3. The maximum atomic E-state index is 12.7. The van der Waals surface area contributed by atoms with Crippen LogP contribution in [0.1, 0.15) is 25.8 Å². The third-order valence-electron chi connectivity index (χ3n) is 5.35. The fraction of sp³-hybridized carbons (Fsp3) is 0.400. The van der Waals surface area contributed by atoms with E-state index in [1.54, 1.807) is 13.0 Å². The van der Waals surface area contributed by atoms with E-state index in [2.05, 4.69) is 5.10 Å². The van der Waals surface area contributed by atoms with E-state index in [0.717, 1.165) is 11.4 Å². The number of rotatable bonds is 5. The van der Waals surface area contributed by atoms with E-state index in [0.29, 0.717) is 12.2 Å². The molecule has 2 fully saturated rings. The summed E-state index contributed by atoms with van der Waals surface area (Å²) in [6, 6.07) is 3.12. The monoisotopic (exact) mass is 402 g/mol. The second-order valence-corrected chi connectivity index (χ2v) is 7.50. The Morgan fingerprint density at radius 3 is 2.46 bits per heavy atom. The summed E-state index contributed by atoms with van der Waals surface area (Å²) in [7, 11) is 0. The van der Waals surface area contributed by atoms with Crippen molar-refractivity contribution < 1.29 is 23.9 Å². The lowest BCUT2D eigenvalue weighted by Crippen LogP contribution is -2.28. The first-order valence-electron chi connectivity index (χ1n) is 9.15. The van der Waals surface area contributed by atoms with E-state index in [-0.39, 0.29) is 52.0 Å². The van der Waals surface area contributed by atoms with Gasteiger partial charge in [-0.2, -0.15) is 10.1 Å². The van der Waals surface area contributed by atoms with E-state index < -0.39 is 5.97 Å². The molecule has 2 aliphatic carbocycles. The van der Waals surface area contributed by atoms with Crippen molar-refractivity contribution in [2.75, 3.05) is 6.61 Å². The lowest BCUT2D eigenvalue weighted by atomic mass is 9.85. The lowest BCUT2D eigenvalue weighted by Gasteiger charge is -2.13. The van der Waals surface area contributed by atoms with Crippen LogP contribution in [0, 0.1) is 23.7 Å². The van der Waals surface area contributed by atoms with Crippen LogP contribution in [0.3, 0.4) is 0 Å². The largest absolute Gasteiger partial charge is 0.490 e. The molecule has 0 aromatic heterocycles. The Hall–Kier alpha value is -2.67. The molecule has 1 heterocycles. The molecular weight excluding hydrogens is 384 g/mol. The number of halogens is 1. The van der Waals surface area contributed by atoms with Gasteiger partial charge in [0.05, 0.1) is 29.7 Å². The first kappa shape index (κ1) is 18.7. The number of hydrogen-bond donors (Lipinski definition) is 0. The van der Waals surface area contributed by atoms with Gasteiger partial charge in [-0.15, -0.1) is 0 Å². The zero-order chi connectivity index (χ0) is 20.0. The van der Waals surface area contributed by atoms with Gasteiger partial charge in [0.25, 0.3) is 11.8 Å². The molecule has 0 unspecified atom stereocenters. The molecule has 3 aliphatic rings. The number of amides is 2. The number of imide groups is 1. The van der Waals surface area contributed by atoms with Gasteiger partial charge in [0.2, 0.25) is 0 Å². The van der Waals surface area contributed by atoms with Gasteiger partial charge in [-0.25, -0.2) is 0 Å². The Morgan fingerprint density at radius 2 is 1.89 bits per heavy atom. The average Bonchev–Trinajstić information content (AvgIpc) is 3.31. The predicted octanol–water partition coefficient (Wildman–Crippen LogP) is 2.81. The summed E-state index contributed by atoms with van der Waals surface area (Å²) in [5, 5.41) is 5.26. The standard InChI is InChI=1S/C20H19ClN2O5/c1-3-27-15-7-11(6-14(21)18(15)28-10(2)24)9-22-23-19(25)16-12-4-5-13(8-12)17(16)20(23)26/h4-7,9,12-13,16-17H,3,8H2,1-2H3/t12-,13-,16-,17+/m0/s1. The number of hydrazone groups is 1. The SMILES string of the molecule is CCOc1cc(C=NN2C(=O)[C@@H]3[C@H](C2=O)[C@H]2C=C[C@H]3C2)cc(Cl)c1OC(C)=O. The molecule has 0 N–H and O–H groups in total. The molecule has 8 heteroatoms. The molecule has 1 aliphatic heterocycles. The number of nitrogens with zero attached hydrogens (tertiary/aromatic N) is 2. The van der Waals surface area contributed by atoms with Crippen LogP contribution in [0.2, 0.25) is 5.02 Å². The zero-order valence-corrected chi connectivity index (χ0v) is 16.2. The normalized spacial score (nSPS) is 27.8. The molecule has 1 saturated heterocycles. The summed E-state index contributed by atoms with van der Waals surface area (Å²) in [4.78, 5) is 36.6. The highest BCUT2D eigenvalue weighted by atomic mass is 35.5. The Labute approximate surface area is 166 Å². The van der Waals surface area contributed by atoms with Crippen molar-refractivity contribution in [2.45, 2.75) is 20.3 Å². The minimum Gasteiger partial charge on any atom is -0.490 e. The molecule has 2 bridgehead atoms. The maximum absolute atomic E-state index is 12.7. The van der Waals surface area contributed by atoms with Gasteiger partial charge in [0.1, 0.15) is 0 Å². The fourth-order valence-electron chi connectivity index (χ4n) is 4.29. The van der Waals surface area contributed by atoms with Crippen molar-refractivity contribution in [3.63, 3.8) is 0 Å². The number of benzene rings is 1. The van der Waals surface area contributed by atoms with Gasteiger partial charge in [0.15, 0.2) is 11.5 Å². The van der Waals surface area contributed by atoms with Crippen molar-refractivity contribution in [2.24, 2.45) is 28.8 Å². The van der Waals surface area contributed by atoms with E-state index in [1.165, 1.54) is 19.2 Å². The first-order chi connectivity index (χ1) is 13.4. The van der Waals surface area contributed by atoms with Crippen molar-refractivity contribution in [1.29, 1.82) is 0 Å². The van der Waals surface area contributed by atoms with E-state index in [4.69, 9.17) is 21.1 Å². The highest BCUT2D eigenvalue weighted by molar-refractivity contribution is 6.32. The second-order valence-electron chi connectivity index (χ2n) is 7.09. The van der Waals surface area contributed by atoms with Crippen molar-refractivity contribution in [1.82, 2.24) is 5.01 Å². The molecule has 7 nitrogen and oxygen atoms in total. The molecule has 146 valence electrons. The lowest BCUT2D eigenvalue weighted by molar-refractivity contribution is -0.140. The van der Waals surface area contributed by atoms with Crippen molar-refractivity contribution in [3.8, 4) is 11.5 Å². The minimum atomic E-state index is -0.521. The summed E-state index contributed by atoms with van der Waals surface area (Å²) in [6.45, 7) is 3.40. The van der Waals surface area contributed by atoms with Crippen LogP contribution in [0.15, 0.2) is 29.4 Å². The Morgan fingerprint density at radius 1 is 1.25 bits per heavy atom. The van der Waals surface area contributed by atoms with Crippen LogP contribution in [0.5, 0.6) is 11.5 Å². The molecule has 4 rings (SSSR count). The molecule has 28 heavy (non-hydrogen) atoms. The predicted molar refractivity (Wildman–Crippen MR) is 101 cm³/mol. The number of allylic oxidation sites excluding steroid dienone is 2. The molecule has 0 radical (unpaired) electrons. The molecular formula is C20H19ClN2O5. The Kier molecular flexibility index (Phi) is 4.71. The van der Waals surface area contributed by atoms with Crippen LogP contribution < -0.4 is 9.47 Å². The van der Waals surface area contributed by atoms with Crippen LogP contribution >= 0.6 is 11.6 Å². The highest BCUT2D eigenvalue weighted by Gasteiger charge is 2.59. The topological polar surface area (TPSA) is 85.3 Å². The maximum Gasteiger partial charge on any atom is 0.308 e. The number of carbonyl (C=O) groups excluding carboxylic acids is 3. The van der Waals surface area contributed by atoms with Gasteiger partial charge in [-0.1, -0.05) is 23.8 Å². The fourth-order valence-corrected chi connectivity index (χ4v) is 4.55. The van der Waals surface area contributed by atoms with Gasteiger partial charge in [-0.05, 0) is 42.9 Å². The molecule has 0 spiro atoms. The van der Waals surface area contributed by atoms with Crippen molar-refractivity contribution in [3.05, 3.63) is 34.9 Å². The van der Waals surface area contributed by atoms with Gasteiger partial charge in [-0.3, -0.25) is 14.4 Å². The van der Waals surface area contributed by atoms with Crippen LogP contribution in [0.4, 0.5) is 0 Å². The second kappa shape index (κ2) is 7.05. The van der Waals surface area contributed by atoms with Gasteiger partial charge < -0.3 is 9.47 Å². The summed E-state index contributed by atoms with van der Waals surface area (Å²) < 4.78 is 10.6. The van der Waals surface area contributed by atoms with E-state index in [9.17, 15) is 14.4 Å². The number of hydrogen-bond acceptors (Lipinski definition) is 6. The number of esters is 1. The summed E-state index contributed by atoms with van der Waals surface area (Å²) >= 11 is 6.22. The van der Waals surface area contributed by atoms with Crippen LogP contribution in [0.25, 0.3) is 0 Å². The van der Waals surface area contributed by atoms with Crippen molar-refractivity contribution >= 4 is 35.6 Å². The van der Waals surface area contributed by atoms with Gasteiger partial charge in [0, 0.05) is 6.92 Å². The third kappa shape index (κ3) is 2.99. The zero-order valence-electron chi connectivity index (χ0n) is 15.4. The molecule has 1 aromatic rings. The summed E-state index contributed by atoms with van der Waals surface area (Å²) in [5.74, 6) is -0.952. The molecule has 4 atom stereocenters. The molecule has 2 amide bonds. The summed E-state index contributed by atoms with van der Waals surface area (Å²) in [5.41, 5.74) is 0.517. The molecule has 1 saturated carbocycles. The third-order valence-corrected chi connectivity index (χ3v) is 5.63. The van der Waals surface area contributed by atoms with E-state index in [1.807, 2.05) is 12.2 Å². The first-order valence-corrected chi connectivity index (χ1v) is 9.53. The quantitative estimate of drug-likeness (QED) is 0.248. The van der Waals surface area contributed by atoms with Crippen LogP contribution in [-0.4, -0.2) is 35.6 Å². The van der Waals surface area contributed by atoms with E-state index >= 15 is 0 Å². The highest BCUT2D eigenvalue weighted by Crippen LogP contribution is 2.52. The number of ether oxygens (including phenoxy) is 2. The van der Waals surface area contributed by atoms with Gasteiger partial charge >= 0.3 is 5.97 Å². The number of fused-ring (bicyclic) bond motifs is 5. The molecule has 1 aromatic carbocycles. The Bertz CT molecular complexity index is 895. The smallest absolute Gasteiger partial charge is 0.308 e. The minimum absolute atomic E-state index is 0.124. The van der Waals surface area contributed by atoms with Crippen LogP contribution in [-0.2, 0) is 14.4 Å². The summed E-state index contributed by atoms with van der Waals surface area (Å²) in [6.07, 6.45) is 6.33. The average molecular weight is 403 g/mol. The Balaban J connectivity index is 1.59.